The zero-order valence-corrected chi connectivity index (χ0v) is 22.3. The molecule has 0 unspecified atom stereocenters. The summed E-state index contributed by atoms with van der Waals surface area (Å²) in [4.78, 5) is 31.8. The molecule has 2 aromatic heterocycles. The van der Waals surface area contributed by atoms with Crippen molar-refractivity contribution in [1.82, 2.24) is 9.88 Å². The number of aryl methyl sites for hydroxylation is 1. The molecule has 2 heterocycles. The molecule has 2 aliphatic rings. The second-order valence-electron chi connectivity index (χ2n) is 9.55. The maximum absolute atomic E-state index is 12.5. The Morgan fingerprint density at radius 1 is 1.26 bits per heavy atom. The highest BCUT2D eigenvalue weighted by atomic mass is 35.5. The number of pyridine rings is 1. The van der Waals surface area contributed by atoms with Gasteiger partial charge in [0.1, 0.15) is 12.4 Å². The summed E-state index contributed by atoms with van der Waals surface area (Å²) in [6.07, 6.45) is 5.28. The Labute approximate surface area is 215 Å². The number of methoxy groups -OCH3 is 1. The molecule has 2 aromatic rings. The quantitative estimate of drug-likeness (QED) is 0.383. The number of aromatic nitrogens is 1. The van der Waals surface area contributed by atoms with Crippen molar-refractivity contribution in [1.29, 1.82) is 0 Å². The first kappa shape index (κ1) is 25.8. The van der Waals surface area contributed by atoms with Gasteiger partial charge in [-0.2, -0.15) is 0 Å². The lowest BCUT2D eigenvalue weighted by molar-refractivity contribution is -0.147. The number of hydrogen-bond donors (Lipinski definition) is 0. The summed E-state index contributed by atoms with van der Waals surface area (Å²) in [5.74, 6) is 0.998. The van der Waals surface area contributed by atoms with Crippen LogP contribution in [0.5, 0.6) is 5.75 Å². The number of rotatable bonds is 8. The van der Waals surface area contributed by atoms with Crippen LogP contribution in [0.2, 0.25) is 4.34 Å². The van der Waals surface area contributed by atoms with Crippen LogP contribution in [-0.4, -0.2) is 48.2 Å². The van der Waals surface area contributed by atoms with Gasteiger partial charge >= 0.3 is 12.1 Å². The van der Waals surface area contributed by atoms with Gasteiger partial charge in [0.25, 0.3) is 0 Å². The highest BCUT2D eigenvalue weighted by Crippen LogP contribution is 2.38. The van der Waals surface area contributed by atoms with Crippen LogP contribution in [-0.2, 0) is 20.9 Å². The van der Waals surface area contributed by atoms with E-state index in [9.17, 15) is 9.59 Å². The summed E-state index contributed by atoms with van der Waals surface area (Å²) in [5, 5.41) is 0. The molecule has 7 nitrogen and oxygen atoms in total. The third-order valence-corrected chi connectivity index (χ3v) is 8.39. The third kappa shape index (κ3) is 6.28. The van der Waals surface area contributed by atoms with E-state index in [1.165, 1.54) is 31.3 Å². The Morgan fingerprint density at radius 3 is 2.71 bits per heavy atom. The first-order valence-electron chi connectivity index (χ1n) is 12.2. The molecule has 4 rings (SSSR count). The largest absolute Gasteiger partial charge is 0.489 e. The second kappa shape index (κ2) is 11.2. The molecule has 0 bridgehead atoms. The molecule has 0 aromatic carbocycles. The number of nitrogens with zero attached hydrogens (tertiary/aromatic N) is 2. The number of esters is 1. The molecule has 2 saturated carbocycles. The highest BCUT2D eigenvalue weighted by Gasteiger charge is 2.33. The molecule has 2 fully saturated rings. The van der Waals surface area contributed by atoms with E-state index < -0.39 is 0 Å². The van der Waals surface area contributed by atoms with Crippen LogP contribution in [0.3, 0.4) is 0 Å². The normalized spacial score (nSPS) is 20.7. The van der Waals surface area contributed by atoms with E-state index in [0.717, 1.165) is 41.1 Å². The van der Waals surface area contributed by atoms with Gasteiger partial charge in [0.2, 0.25) is 0 Å². The topological polar surface area (TPSA) is 78.0 Å². The van der Waals surface area contributed by atoms with Crippen molar-refractivity contribution in [2.75, 3.05) is 14.2 Å². The molecule has 3 atom stereocenters. The van der Waals surface area contributed by atoms with Gasteiger partial charge in [-0.3, -0.25) is 4.79 Å². The molecule has 0 saturated heterocycles. The average Bonchev–Trinajstić information content (AvgIpc) is 3.64. The minimum atomic E-state index is -0.330. The fourth-order valence-electron chi connectivity index (χ4n) is 4.63. The molecule has 190 valence electrons. The molecule has 0 N–H and O–H groups in total. The number of amides is 1. The molecule has 35 heavy (non-hydrogen) atoms. The van der Waals surface area contributed by atoms with Crippen LogP contribution in [0.15, 0.2) is 18.2 Å². The van der Waals surface area contributed by atoms with E-state index in [2.05, 4.69) is 6.92 Å². The smallest absolute Gasteiger partial charge is 0.410 e. The van der Waals surface area contributed by atoms with Crippen molar-refractivity contribution in [3.05, 3.63) is 33.8 Å². The van der Waals surface area contributed by atoms with Gasteiger partial charge in [0.15, 0.2) is 0 Å². The van der Waals surface area contributed by atoms with Gasteiger partial charge in [-0.05, 0) is 76.5 Å². The molecule has 1 amide bonds. The summed E-state index contributed by atoms with van der Waals surface area (Å²) < 4.78 is 17.3. The predicted molar refractivity (Wildman–Crippen MR) is 136 cm³/mol. The number of carbonyl (C=O) groups excluding carboxylic acids is 2. The summed E-state index contributed by atoms with van der Waals surface area (Å²) in [6.45, 7) is 4.10. The summed E-state index contributed by atoms with van der Waals surface area (Å²) >= 11 is 7.73. The Morgan fingerprint density at radius 2 is 2.03 bits per heavy atom. The van der Waals surface area contributed by atoms with E-state index in [0.29, 0.717) is 22.4 Å². The van der Waals surface area contributed by atoms with Gasteiger partial charge in [-0.1, -0.05) is 11.6 Å². The lowest BCUT2D eigenvalue weighted by atomic mass is 9.87. The second-order valence-corrected chi connectivity index (χ2v) is 11.2. The van der Waals surface area contributed by atoms with Crippen LogP contribution in [0.1, 0.15) is 56.7 Å². The van der Waals surface area contributed by atoms with Crippen molar-refractivity contribution < 1.29 is 23.8 Å². The van der Waals surface area contributed by atoms with Crippen molar-refractivity contribution in [3.8, 4) is 16.3 Å². The number of halogens is 1. The average molecular weight is 521 g/mol. The van der Waals surface area contributed by atoms with Gasteiger partial charge < -0.3 is 19.1 Å². The molecular weight excluding hydrogens is 488 g/mol. The van der Waals surface area contributed by atoms with Crippen LogP contribution in [0.4, 0.5) is 4.79 Å². The third-order valence-electron chi connectivity index (χ3n) is 7.06. The lowest BCUT2D eigenvalue weighted by Gasteiger charge is -2.28. The van der Waals surface area contributed by atoms with Gasteiger partial charge in [-0.25, -0.2) is 9.78 Å². The monoisotopic (exact) mass is 520 g/mol. The Kier molecular flexibility index (Phi) is 8.22. The maximum atomic E-state index is 12.5. The summed E-state index contributed by atoms with van der Waals surface area (Å²) in [6, 6.07) is 5.82. The number of carbonyl (C=O) groups is 2. The first-order chi connectivity index (χ1) is 16.8. The maximum Gasteiger partial charge on any atom is 0.410 e. The van der Waals surface area contributed by atoms with E-state index >= 15 is 0 Å². The Balaban J connectivity index is 1.42. The summed E-state index contributed by atoms with van der Waals surface area (Å²) in [7, 11) is 3.22. The van der Waals surface area contributed by atoms with Crippen molar-refractivity contribution in [2.45, 2.75) is 71.1 Å². The minimum Gasteiger partial charge on any atom is -0.489 e. The zero-order chi connectivity index (χ0) is 25.1. The molecule has 0 aliphatic heterocycles. The molecule has 9 heteroatoms. The fourth-order valence-corrected chi connectivity index (χ4v) is 5.86. The highest BCUT2D eigenvalue weighted by molar-refractivity contribution is 7.19. The van der Waals surface area contributed by atoms with Crippen LogP contribution < -0.4 is 4.74 Å². The fraction of sp³-hybridized carbons (Fsp3) is 0.577. The Hall–Kier alpha value is -2.32. The van der Waals surface area contributed by atoms with Gasteiger partial charge in [-0.15, -0.1) is 11.3 Å². The van der Waals surface area contributed by atoms with Gasteiger partial charge in [0, 0.05) is 18.7 Å². The lowest BCUT2D eigenvalue weighted by Crippen LogP contribution is -2.36. The zero-order valence-electron chi connectivity index (χ0n) is 20.7. The van der Waals surface area contributed by atoms with Crippen molar-refractivity contribution >= 4 is 35.0 Å². The van der Waals surface area contributed by atoms with E-state index in [4.69, 9.17) is 30.8 Å². The van der Waals surface area contributed by atoms with E-state index in [-0.39, 0.29) is 36.7 Å². The number of thiophene rings is 1. The first-order valence-corrected chi connectivity index (χ1v) is 13.4. The van der Waals surface area contributed by atoms with Crippen LogP contribution in [0.25, 0.3) is 10.6 Å². The Bertz CT molecular complexity index is 1070. The van der Waals surface area contributed by atoms with Crippen molar-refractivity contribution in [3.63, 3.8) is 0 Å². The number of hydrogen-bond acceptors (Lipinski definition) is 7. The van der Waals surface area contributed by atoms with Crippen LogP contribution in [0, 0.1) is 18.8 Å². The minimum absolute atomic E-state index is 0.0413. The van der Waals surface area contributed by atoms with Gasteiger partial charge in [0.05, 0.1) is 39.7 Å². The summed E-state index contributed by atoms with van der Waals surface area (Å²) in [5.41, 5.74) is 2.34. The molecule has 0 spiro atoms. The SMILES string of the molecule is COC(=O)[C@H]1CCC[C@H](Oc2ccc(-c3sc(Cl)cc3COC(=O)N(C)[C@H](C)C3CC3)nc2C)C1. The van der Waals surface area contributed by atoms with Crippen molar-refractivity contribution in [2.24, 2.45) is 11.8 Å². The number of ether oxygens (including phenoxy) is 3. The predicted octanol–water partition coefficient (Wildman–Crippen LogP) is 6.25. The molecule has 2 aliphatic carbocycles. The van der Waals surface area contributed by atoms with Crippen LogP contribution >= 0.6 is 22.9 Å². The standard InChI is InChI=1S/C26H33ClN2O5S/c1-15-22(34-20-7-5-6-18(12-20)25(30)32-4)11-10-21(28-15)24-19(13-23(27)35-24)14-33-26(31)29(3)16(2)17-8-9-17/h10-11,13,16-18,20H,5-9,12,14H2,1-4H3/t16-,18+,20+/m1/s1. The molecular formula is C26H33ClN2O5S. The van der Waals surface area contributed by atoms with E-state index in [1.807, 2.05) is 25.1 Å². The van der Waals surface area contributed by atoms with E-state index in [1.54, 1.807) is 11.9 Å². The molecule has 0 radical (unpaired) electrons.